The van der Waals surface area contributed by atoms with E-state index in [2.05, 4.69) is 31.1 Å². The van der Waals surface area contributed by atoms with E-state index in [-0.39, 0.29) is 21.9 Å². The normalized spacial score (nSPS) is 25.6. The maximum atomic E-state index is 12.8. The van der Waals surface area contributed by atoms with E-state index in [9.17, 15) is 9.59 Å². The van der Waals surface area contributed by atoms with Gasteiger partial charge >= 0.3 is 0 Å². The van der Waals surface area contributed by atoms with Gasteiger partial charge in [0.2, 0.25) is 11.8 Å². The summed E-state index contributed by atoms with van der Waals surface area (Å²) in [6, 6.07) is 8.60. The summed E-state index contributed by atoms with van der Waals surface area (Å²) in [4.78, 5) is 26.9. The Bertz CT molecular complexity index is 647. The van der Waals surface area contributed by atoms with Gasteiger partial charge in [-0.3, -0.25) is 14.9 Å². The van der Waals surface area contributed by atoms with Crippen LogP contribution < -0.4 is 10.6 Å². The molecular weight excluding hydrogens is 322 g/mol. The zero-order valence-electron chi connectivity index (χ0n) is 14.0. The number of hydrogen-bond acceptors (Lipinski definition) is 4. The summed E-state index contributed by atoms with van der Waals surface area (Å²) in [6.07, 6.45) is 1.72. The average molecular weight is 345 g/mol. The number of rotatable bonds is 6. The van der Waals surface area contributed by atoms with Crippen molar-refractivity contribution in [3.8, 4) is 0 Å². The lowest BCUT2D eigenvalue weighted by atomic mass is 10.0. The molecule has 2 N–H and O–H groups in total. The summed E-state index contributed by atoms with van der Waals surface area (Å²) in [6.45, 7) is 9.20. The van der Waals surface area contributed by atoms with Crippen molar-refractivity contribution < 1.29 is 9.59 Å². The van der Waals surface area contributed by atoms with E-state index >= 15 is 0 Å². The van der Waals surface area contributed by atoms with Crippen molar-refractivity contribution in [3.05, 3.63) is 48.6 Å². The van der Waals surface area contributed by atoms with Crippen LogP contribution in [0.15, 0.2) is 43.0 Å². The molecule has 2 heterocycles. The number of hydrogen-bond donors (Lipinski definition) is 2. The van der Waals surface area contributed by atoms with Crippen molar-refractivity contribution in [1.82, 2.24) is 15.5 Å². The number of thioether (sulfide) groups is 1. The van der Waals surface area contributed by atoms with Gasteiger partial charge < -0.3 is 10.2 Å². The van der Waals surface area contributed by atoms with Crippen LogP contribution in [-0.2, 0) is 9.59 Å². The van der Waals surface area contributed by atoms with E-state index in [4.69, 9.17) is 0 Å². The molecule has 0 aromatic heterocycles. The van der Waals surface area contributed by atoms with Crippen molar-refractivity contribution >= 4 is 23.6 Å². The monoisotopic (exact) mass is 345 g/mol. The molecule has 0 saturated carbocycles. The molecule has 0 spiro atoms. The molecule has 2 saturated heterocycles. The summed E-state index contributed by atoms with van der Waals surface area (Å²) in [5, 5.41) is 6.15. The molecule has 2 aliphatic heterocycles. The second kappa shape index (κ2) is 6.61. The van der Waals surface area contributed by atoms with Gasteiger partial charge in [-0.1, -0.05) is 36.4 Å². The Labute approximate surface area is 146 Å². The van der Waals surface area contributed by atoms with Crippen LogP contribution >= 0.6 is 11.8 Å². The van der Waals surface area contributed by atoms with Crippen LogP contribution in [0.2, 0.25) is 0 Å². The molecule has 2 aliphatic rings. The Kier molecular flexibility index (Phi) is 4.69. The highest BCUT2D eigenvalue weighted by atomic mass is 32.2. The Morgan fingerprint density at radius 1 is 1.46 bits per heavy atom. The Morgan fingerprint density at radius 2 is 2.17 bits per heavy atom. The fourth-order valence-electron chi connectivity index (χ4n) is 3.18. The minimum absolute atomic E-state index is 0.0157. The van der Waals surface area contributed by atoms with E-state index in [1.54, 1.807) is 17.8 Å². The van der Waals surface area contributed by atoms with Crippen LogP contribution in [0.25, 0.3) is 0 Å². The standard InChI is InChI=1S/C18H23N3O2S/c1-4-10-19-13(12-8-6-5-7-9-12)15(22)20-14-16(23)21-11-18(2,3)24-17(14)21/h4-9,13-14,17,19H,1,10-11H2,2-3H3,(H,20,22)/t13-,14-,17-/m1/s1. The molecule has 0 radical (unpaired) electrons. The zero-order valence-corrected chi connectivity index (χ0v) is 14.8. The number of nitrogens with one attached hydrogen (secondary N) is 2. The van der Waals surface area contributed by atoms with E-state index in [1.807, 2.05) is 35.2 Å². The fraction of sp³-hybridized carbons (Fsp3) is 0.444. The number of nitrogens with zero attached hydrogens (tertiary/aromatic N) is 1. The molecule has 3 atom stereocenters. The highest BCUT2D eigenvalue weighted by molar-refractivity contribution is 8.01. The minimum atomic E-state index is -0.495. The fourth-order valence-corrected chi connectivity index (χ4v) is 4.67. The van der Waals surface area contributed by atoms with Crippen molar-refractivity contribution in [3.63, 3.8) is 0 Å². The first kappa shape index (κ1) is 17.0. The zero-order chi connectivity index (χ0) is 17.3. The highest BCUT2D eigenvalue weighted by Gasteiger charge is 2.56. The van der Waals surface area contributed by atoms with Gasteiger partial charge in [-0.05, 0) is 19.4 Å². The predicted octanol–water partition coefficient (Wildman–Crippen LogP) is 1.68. The van der Waals surface area contributed by atoms with E-state index in [0.717, 1.165) is 12.1 Å². The lowest BCUT2D eigenvalue weighted by Gasteiger charge is -2.42. The smallest absolute Gasteiger partial charge is 0.249 e. The third kappa shape index (κ3) is 3.21. The molecule has 1 aromatic rings. The molecule has 1 aromatic carbocycles. The Hall–Kier alpha value is -1.79. The molecule has 3 rings (SSSR count). The summed E-state index contributed by atoms with van der Waals surface area (Å²) in [5.74, 6) is -0.159. The molecule has 0 unspecified atom stereocenters. The third-order valence-corrected chi connectivity index (χ3v) is 5.83. The van der Waals surface area contributed by atoms with Gasteiger partial charge in [0.1, 0.15) is 17.5 Å². The van der Waals surface area contributed by atoms with Gasteiger partial charge in [-0.2, -0.15) is 0 Å². The quantitative estimate of drug-likeness (QED) is 0.608. The SMILES string of the molecule is C=CCN[C@@H](C(=O)N[C@@H]1C(=O)N2CC(C)(C)S[C@H]12)c1ccccc1. The largest absolute Gasteiger partial charge is 0.340 e. The summed E-state index contributed by atoms with van der Waals surface area (Å²) in [7, 11) is 0. The molecule has 24 heavy (non-hydrogen) atoms. The number of carbonyl (C=O) groups is 2. The Balaban J connectivity index is 1.70. The maximum absolute atomic E-state index is 12.8. The number of β-lactam (4-membered cyclic amide) rings is 1. The number of amides is 2. The molecule has 0 aliphatic carbocycles. The van der Waals surface area contributed by atoms with Crippen LogP contribution in [0.4, 0.5) is 0 Å². The van der Waals surface area contributed by atoms with Crippen LogP contribution in [0.5, 0.6) is 0 Å². The molecule has 2 amide bonds. The second-order valence-corrected chi connectivity index (χ2v) is 8.58. The van der Waals surface area contributed by atoms with Crippen LogP contribution in [0.1, 0.15) is 25.5 Å². The van der Waals surface area contributed by atoms with Crippen molar-refractivity contribution in [1.29, 1.82) is 0 Å². The van der Waals surface area contributed by atoms with Gasteiger partial charge in [0.15, 0.2) is 0 Å². The first-order chi connectivity index (χ1) is 11.4. The molecular formula is C18H23N3O2S. The molecule has 0 bridgehead atoms. The maximum Gasteiger partial charge on any atom is 0.249 e. The second-order valence-electron chi connectivity index (χ2n) is 6.76. The topological polar surface area (TPSA) is 61.4 Å². The number of fused-ring (bicyclic) bond motifs is 1. The van der Waals surface area contributed by atoms with Crippen molar-refractivity contribution in [2.75, 3.05) is 13.1 Å². The number of benzene rings is 1. The van der Waals surface area contributed by atoms with Gasteiger partial charge in [0, 0.05) is 17.8 Å². The van der Waals surface area contributed by atoms with Gasteiger partial charge in [-0.25, -0.2) is 0 Å². The summed E-state index contributed by atoms with van der Waals surface area (Å²) in [5.41, 5.74) is 0.875. The van der Waals surface area contributed by atoms with E-state index in [0.29, 0.717) is 6.54 Å². The van der Waals surface area contributed by atoms with Crippen molar-refractivity contribution in [2.24, 2.45) is 0 Å². The van der Waals surface area contributed by atoms with E-state index in [1.165, 1.54) is 0 Å². The van der Waals surface area contributed by atoms with Crippen molar-refractivity contribution in [2.45, 2.75) is 36.1 Å². The van der Waals surface area contributed by atoms with Gasteiger partial charge in [0.05, 0.1) is 0 Å². The lowest BCUT2D eigenvalue weighted by molar-refractivity contribution is -0.148. The first-order valence-corrected chi connectivity index (χ1v) is 8.99. The highest BCUT2D eigenvalue weighted by Crippen LogP contribution is 2.46. The minimum Gasteiger partial charge on any atom is -0.340 e. The average Bonchev–Trinajstić information content (AvgIpc) is 2.86. The number of carbonyl (C=O) groups excluding carboxylic acids is 2. The summed E-state index contributed by atoms with van der Waals surface area (Å²) < 4.78 is 0.0414. The molecule has 2 fully saturated rings. The van der Waals surface area contributed by atoms with E-state index < -0.39 is 12.1 Å². The summed E-state index contributed by atoms with van der Waals surface area (Å²) >= 11 is 1.75. The third-order valence-electron chi connectivity index (χ3n) is 4.29. The predicted molar refractivity (Wildman–Crippen MR) is 96.5 cm³/mol. The molecule has 128 valence electrons. The molecule has 5 nitrogen and oxygen atoms in total. The Morgan fingerprint density at radius 3 is 2.83 bits per heavy atom. The van der Waals surface area contributed by atoms with Crippen LogP contribution in [0, 0.1) is 0 Å². The van der Waals surface area contributed by atoms with Crippen LogP contribution in [-0.4, -0.2) is 46.0 Å². The lowest BCUT2D eigenvalue weighted by Crippen LogP contribution is -2.68. The van der Waals surface area contributed by atoms with Crippen LogP contribution in [0.3, 0.4) is 0 Å². The molecule has 6 heteroatoms. The van der Waals surface area contributed by atoms with Gasteiger partial charge in [0.25, 0.3) is 0 Å². The first-order valence-electron chi connectivity index (χ1n) is 8.11. The van der Waals surface area contributed by atoms with Gasteiger partial charge in [-0.15, -0.1) is 18.3 Å².